The highest BCUT2D eigenvalue weighted by Crippen LogP contribution is 2.31. The lowest BCUT2D eigenvalue weighted by Crippen LogP contribution is -2.15. The lowest BCUT2D eigenvalue weighted by molar-refractivity contribution is 0.102. The van der Waals surface area contributed by atoms with Gasteiger partial charge in [-0.15, -0.1) is 0 Å². The van der Waals surface area contributed by atoms with E-state index in [0.29, 0.717) is 21.5 Å². The van der Waals surface area contributed by atoms with Gasteiger partial charge >= 0.3 is 0 Å². The van der Waals surface area contributed by atoms with Gasteiger partial charge in [0.15, 0.2) is 12.4 Å². The molecule has 0 saturated carbocycles. The topological polar surface area (TPSA) is 74.0 Å². The first-order valence-corrected chi connectivity index (χ1v) is 8.69. The average Bonchev–Trinajstić information content (AvgIpc) is 3.24. The molecule has 3 rings (SSSR count). The fourth-order valence-corrected chi connectivity index (χ4v) is 2.71. The molecule has 1 N–H and O–H groups in total. The molecule has 0 atom stereocenters. The fraction of sp³-hybridized carbons (Fsp3) is 0.235. The monoisotopic (exact) mass is 393 g/mol. The largest absolute Gasteiger partial charge is 0.470 e. The molecule has 9 heteroatoms. The Balaban J connectivity index is 1.64. The molecule has 0 spiro atoms. The second kappa shape index (κ2) is 7.80. The molecule has 0 aliphatic carbocycles. The van der Waals surface area contributed by atoms with Crippen LogP contribution >= 0.6 is 23.2 Å². The number of hydrogen-bond donors (Lipinski definition) is 1. The fourth-order valence-electron chi connectivity index (χ4n) is 2.36. The SMILES string of the molecule is CCn1ncc(NC(=O)c2ccn(COc3cccc(Cl)c3Cl)n2)c1C. The molecule has 0 unspecified atom stereocenters. The molecule has 0 aliphatic heterocycles. The molecule has 1 aromatic carbocycles. The van der Waals surface area contributed by atoms with Crippen LogP contribution < -0.4 is 10.1 Å². The van der Waals surface area contributed by atoms with Gasteiger partial charge in [-0.1, -0.05) is 29.3 Å². The van der Waals surface area contributed by atoms with Crippen LogP contribution in [-0.2, 0) is 13.3 Å². The van der Waals surface area contributed by atoms with Crippen LogP contribution in [0, 0.1) is 6.92 Å². The molecule has 0 bridgehead atoms. The van der Waals surface area contributed by atoms with Gasteiger partial charge in [-0.05, 0) is 32.0 Å². The maximum atomic E-state index is 12.3. The Hall–Kier alpha value is -2.51. The van der Waals surface area contributed by atoms with Crippen molar-refractivity contribution in [3.05, 3.63) is 58.1 Å². The van der Waals surface area contributed by atoms with Crippen LogP contribution in [0.3, 0.4) is 0 Å². The third-order valence-corrected chi connectivity index (χ3v) is 4.59. The van der Waals surface area contributed by atoms with E-state index in [9.17, 15) is 4.79 Å². The third kappa shape index (κ3) is 3.84. The van der Waals surface area contributed by atoms with E-state index >= 15 is 0 Å². The number of ether oxygens (including phenoxy) is 1. The van der Waals surface area contributed by atoms with Crippen LogP contribution in [0.15, 0.2) is 36.7 Å². The van der Waals surface area contributed by atoms with Crippen LogP contribution in [0.25, 0.3) is 0 Å². The van der Waals surface area contributed by atoms with Gasteiger partial charge in [-0.3, -0.25) is 9.48 Å². The van der Waals surface area contributed by atoms with E-state index in [1.165, 1.54) is 4.68 Å². The maximum Gasteiger partial charge on any atom is 0.276 e. The number of carbonyl (C=O) groups is 1. The summed E-state index contributed by atoms with van der Waals surface area (Å²) >= 11 is 12.0. The molecular weight excluding hydrogens is 377 g/mol. The second-order valence-corrected chi connectivity index (χ2v) is 6.26. The zero-order valence-electron chi connectivity index (χ0n) is 14.2. The summed E-state index contributed by atoms with van der Waals surface area (Å²) in [5, 5.41) is 12.0. The van der Waals surface area contributed by atoms with Crippen molar-refractivity contribution in [2.45, 2.75) is 27.1 Å². The number of amides is 1. The third-order valence-electron chi connectivity index (χ3n) is 3.79. The Bertz CT molecular complexity index is 935. The van der Waals surface area contributed by atoms with E-state index in [1.54, 1.807) is 41.3 Å². The van der Waals surface area contributed by atoms with Gasteiger partial charge in [0.25, 0.3) is 5.91 Å². The molecule has 2 aromatic heterocycles. The van der Waals surface area contributed by atoms with Crippen molar-refractivity contribution >= 4 is 34.8 Å². The summed E-state index contributed by atoms with van der Waals surface area (Å²) in [5.74, 6) is 0.131. The van der Waals surface area contributed by atoms with Crippen molar-refractivity contribution in [3.63, 3.8) is 0 Å². The zero-order valence-corrected chi connectivity index (χ0v) is 15.8. The first-order chi connectivity index (χ1) is 12.5. The minimum absolute atomic E-state index is 0.0974. The van der Waals surface area contributed by atoms with Gasteiger partial charge in [0.05, 0.1) is 22.6 Å². The van der Waals surface area contributed by atoms with Crippen molar-refractivity contribution < 1.29 is 9.53 Å². The highest BCUT2D eigenvalue weighted by molar-refractivity contribution is 6.42. The van der Waals surface area contributed by atoms with Crippen molar-refractivity contribution in [1.29, 1.82) is 0 Å². The summed E-state index contributed by atoms with van der Waals surface area (Å²) in [5.41, 5.74) is 1.82. The minimum Gasteiger partial charge on any atom is -0.470 e. The molecule has 0 fully saturated rings. The molecule has 7 nitrogen and oxygen atoms in total. The Morgan fingerprint density at radius 1 is 1.31 bits per heavy atom. The van der Waals surface area contributed by atoms with Crippen LogP contribution in [0.4, 0.5) is 5.69 Å². The molecule has 0 saturated heterocycles. The number of hydrogen-bond acceptors (Lipinski definition) is 4. The normalized spacial score (nSPS) is 10.8. The number of aromatic nitrogens is 4. The van der Waals surface area contributed by atoms with Gasteiger partial charge in [-0.25, -0.2) is 4.68 Å². The van der Waals surface area contributed by atoms with Gasteiger partial charge in [0.2, 0.25) is 0 Å². The van der Waals surface area contributed by atoms with Crippen molar-refractivity contribution in [2.24, 2.45) is 0 Å². The van der Waals surface area contributed by atoms with Gasteiger partial charge in [0, 0.05) is 12.7 Å². The quantitative estimate of drug-likeness (QED) is 0.686. The molecule has 3 aromatic rings. The van der Waals surface area contributed by atoms with Crippen LogP contribution in [0.1, 0.15) is 23.1 Å². The Kier molecular flexibility index (Phi) is 5.49. The van der Waals surface area contributed by atoms with Crippen LogP contribution in [0.2, 0.25) is 10.0 Å². The number of nitrogens with zero attached hydrogens (tertiary/aromatic N) is 4. The first-order valence-electron chi connectivity index (χ1n) is 7.93. The molecule has 0 radical (unpaired) electrons. The van der Waals surface area contributed by atoms with Gasteiger partial charge < -0.3 is 10.1 Å². The van der Waals surface area contributed by atoms with E-state index in [1.807, 2.05) is 13.8 Å². The maximum absolute atomic E-state index is 12.3. The Morgan fingerprint density at radius 3 is 2.85 bits per heavy atom. The number of anilines is 1. The molecular formula is C17H17Cl2N5O2. The lowest BCUT2D eigenvalue weighted by Gasteiger charge is -2.08. The second-order valence-electron chi connectivity index (χ2n) is 5.48. The molecule has 1 amide bonds. The number of benzene rings is 1. The highest BCUT2D eigenvalue weighted by atomic mass is 35.5. The van der Waals surface area contributed by atoms with Crippen LogP contribution in [-0.4, -0.2) is 25.5 Å². The molecule has 136 valence electrons. The van der Waals surface area contributed by atoms with Gasteiger partial charge in [0.1, 0.15) is 10.8 Å². The number of carbonyl (C=O) groups excluding carboxylic acids is 1. The Labute approximate surface area is 160 Å². The molecule has 0 aliphatic rings. The summed E-state index contributed by atoms with van der Waals surface area (Å²) in [4.78, 5) is 12.3. The summed E-state index contributed by atoms with van der Waals surface area (Å²) in [7, 11) is 0. The van der Waals surface area contributed by atoms with Crippen molar-refractivity contribution in [3.8, 4) is 5.75 Å². The molecule has 2 heterocycles. The summed E-state index contributed by atoms with van der Waals surface area (Å²) in [6.45, 7) is 4.71. The lowest BCUT2D eigenvalue weighted by atomic mass is 10.3. The van der Waals surface area contributed by atoms with E-state index in [-0.39, 0.29) is 18.3 Å². The van der Waals surface area contributed by atoms with Crippen molar-refractivity contribution in [2.75, 3.05) is 5.32 Å². The summed E-state index contributed by atoms with van der Waals surface area (Å²) < 4.78 is 8.89. The average molecular weight is 394 g/mol. The molecule has 26 heavy (non-hydrogen) atoms. The zero-order chi connectivity index (χ0) is 18.7. The number of aryl methyl sites for hydroxylation is 1. The number of halogens is 2. The van der Waals surface area contributed by atoms with Crippen molar-refractivity contribution in [1.82, 2.24) is 19.6 Å². The van der Waals surface area contributed by atoms with E-state index in [2.05, 4.69) is 15.5 Å². The summed E-state index contributed by atoms with van der Waals surface area (Å²) in [6, 6.07) is 6.73. The first kappa shape index (κ1) is 18.3. The summed E-state index contributed by atoms with van der Waals surface area (Å²) in [6.07, 6.45) is 3.27. The standard InChI is InChI=1S/C17H17Cl2N5O2/c1-3-24-11(2)14(9-20-24)21-17(25)13-7-8-23(22-13)10-26-15-6-4-5-12(18)16(15)19/h4-9H,3,10H2,1-2H3,(H,21,25). The number of nitrogens with one attached hydrogen (secondary N) is 1. The smallest absolute Gasteiger partial charge is 0.276 e. The predicted molar refractivity (Wildman–Crippen MR) is 99.9 cm³/mol. The highest BCUT2D eigenvalue weighted by Gasteiger charge is 2.14. The predicted octanol–water partition coefficient (Wildman–Crippen LogP) is 4.00. The number of rotatable bonds is 6. The van der Waals surface area contributed by atoms with E-state index < -0.39 is 0 Å². The minimum atomic E-state index is -0.316. The van der Waals surface area contributed by atoms with Crippen LogP contribution in [0.5, 0.6) is 5.75 Å². The Morgan fingerprint density at radius 2 is 2.12 bits per heavy atom. The van der Waals surface area contributed by atoms with E-state index in [4.69, 9.17) is 27.9 Å². The van der Waals surface area contributed by atoms with E-state index in [0.717, 1.165) is 12.2 Å². The van der Waals surface area contributed by atoms with Gasteiger partial charge in [-0.2, -0.15) is 10.2 Å².